The minimum Gasteiger partial charge on any atom is -0.329 e. The second kappa shape index (κ2) is 5.83. The molecule has 1 atom stereocenters. The third kappa shape index (κ3) is 2.59. The Balaban J connectivity index is 1.67. The average molecular weight is 306 g/mol. The monoisotopic (exact) mass is 306 g/mol. The van der Waals surface area contributed by atoms with Gasteiger partial charge in [0, 0.05) is 18.1 Å². The fourth-order valence-electron chi connectivity index (χ4n) is 3.28. The van der Waals surface area contributed by atoms with Crippen molar-refractivity contribution < 1.29 is 4.79 Å². The van der Waals surface area contributed by atoms with Crippen molar-refractivity contribution in [3.63, 3.8) is 0 Å². The van der Waals surface area contributed by atoms with Crippen molar-refractivity contribution in [3.05, 3.63) is 60.0 Å². The average Bonchev–Trinajstić information content (AvgIpc) is 3.15. The van der Waals surface area contributed by atoms with Crippen LogP contribution < -0.4 is 0 Å². The molecule has 0 saturated carbocycles. The zero-order chi connectivity index (χ0) is 15.6. The summed E-state index contributed by atoms with van der Waals surface area (Å²) < 4.78 is 0. The van der Waals surface area contributed by atoms with Gasteiger partial charge in [0.2, 0.25) is 0 Å². The number of rotatable bonds is 2. The maximum atomic E-state index is 13.0. The number of piperidine rings is 1. The predicted octanol–water partition coefficient (Wildman–Crippen LogP) is 3.33. The van der Waals surface area contributed by atoms with Crippen molar-refractivity contribution in [1.29, 1.82) is 0 Å². The molecule has 1 N–H and O–H groups in total. The van der Waals surface area contributed by atoms with E-state index in [1.165, 1.54) is 0 Å². The molecule has 4 rings (SSSR count). The lowest BCUT2D eigenvalue weighted by Crippen LogP contribution is -2.39. The third-order valence-electron chi connectivity index (χ3n) is 4.46. The number of carbonyl (C=O) groups is 1. The van der Waals surface area contributed by atoms with E-state index in [-0.39, 0.29) is 11.9 Å². The van der Waals surface area contributed by atoms with E-state index in [2.05, 4.69) is 15.2 Å². The van der Waals surface area contributed by atoms with Gasteiger partial charge in [0.05, 0.1) is 17.3 Å². The topological polar surface area (TPSA) is 61.9 Å². The van der Waals surface area contributed by atoms with Crippen LogP contribution in [-0.2, 0) is 0 Å². The number of hydrogen-bond acceptors (Lipinski definition) is 3. The lowest BCUT2D eigenvalue weighted by atomic mass is 9.99. The standard InChI is InChI=1S/C18H18N4O/c23-18(16-9-8-13-5-1-2-6-14(13)20-16)22-12-4-3-7-17(22)15-10-11-19-21-15/h1-2,5-6,8-11,17H,3-4,7,12H2,(H,19,21). The number of H-pyrrole nitrogens is 1. The summed E-state index contributed by atoms with van der Waals surface area (Å²) in [7, 11) is 0. The van der Waals surface area contributed by atoms with E-state index in [4.69, 9.17) is 0 Å². The molecule has 3 heterocycles. The van der Waals surface area contributed by atoms with Gasteiger partial charge in [0.1, 0.15) is 5.69 Å². The normalized spacial score (nSPS) is 18.3. The van der Waals surface area contributed by atoms with E-state index < -0.39 is 0 Å². The molecule has 1 aromatic carbocycles. The summed E-state index contributed by atoms with van der Waals surface area (Å²) in [5, 5.41) is 8.08. The highest BCUT2D eigenvalue weighted by atomic mass is 16.2. The molecule has 0 aliphatic carbocycles. The quantitative estimate of drug-likeness (QED) is 0.790. The van der Waals surface area contributed by atoms with E-state index in [9.17, 15) is 4.79 Å². The summed E-state index contributed by atoms with van der Waals surface area (Å²) in [6, 6.07) is 13.7. The SMILES string of the molecule is O=C(c1ccc2ccccc2n1)N1CCCCC1c1ccn[nH]1. The maximum Gasteiger partial charge on any atom is 0.273 e. The van der Waals surface area contributed by atoms with Gasteiger partial charge in [-0.3, -0.25) is 9.89 Å². The molecule has 1 saturated heterocycles. The van der Waals surface area contributed by atoms with Crippen LogP contribution in [0.3, 0.4) is 0 Å². The van der Waals surface area contributed by atoms with Crippen LogP contribution in [0.4, 0.5) is 0 Å². The van der Waals surface area contributed by atoms with Crippen LogP contribution in [0.5, 0.6) is 0 Å². The lowest BCUT2D eigenvalue weighted by Gasteiger charge is -2.34. The third-order valence-corrected chi connectivity index (χ3v) is 4.46. The van der Waals surface area contributed by atoms with Crippen LogP contribution in [0.15, 0.2) is 48.7 Å². The minimum atomic E-state index is -0.00458. The van der Waals surface area contributed by atoms with Gasteiger partial charge in [-0.05, 0) is 37.5 Å². The number of pyridine rings is 1. The fraction of sp³-hybridized carbons (Fsp3) is 0.278. The van der Waals surface area contributed by atoms with Gasteiger partial charge in [-0.25, -0.2) is 4.98 Å². The number of amides is 1. The van der Waals surface area contributed by atoms with Gasteiger partial charge < -0.3 is 4.90 Å². The highest BCUT2D eigenvalue weighted by molar-refractivity contribution is 5.95. The Labute approximate surface area is 134 Å². The van der Waals surface area contributed by atoms with Crippen LogP contribution in [0.1, 0.15) is 41.5 Å². The summed E-state index contributed by atoms with van der Waals surface area (Å²) in [6.45, 7) is 0.761. The molecule has 1 fully saturated rings. The molecule has 5 nitrogen and oxygen atoms in total. The molecule has 1 aliphatic rings. The van der Waals surface area contributed by atoms with E-state index in [1.54, 1.807) is 6.20 Å². The van der Waals surface area contributed by atoms with E-state index >= 15 is 0 Å². The Morgan fingerprint density at radius 3 is 2.91 bits per heavy atom. The number of para-hydroxylation sites is 1. The molecule has 0 radical (unpaired) electrons. The van der Waals surface area contributed by atoms with Crippen molar-refractivity contribution in [1.82, 2.24) is 20.1 Å². The highest BCUT2D eigenvalue weighted by Gasteiger charge is 2.30. The molecular formula is C18H18N4O. The lowest BCUT2D eigenvalue weighted by molar-refractivity contribution is 0.0600. The smallest absolute Gasteiger partial charge is 0.273 e. The van der Waals surface area contributed by atoms with Crippen LogP contribution in [0.2, 0.25) is 0 Å². The van der Waals surface area contributed by atoms with Gasteiger partial charge in [-0.1, -0.05) is 24.3 Å². The first-order valence-electron chi connectivity index (χ1n) is 7.99. The largest absolute Gasteiger partial charge is 0.329 e. The van der Waals surface area contributed by atoms with E-state index in [0.717, 1.165) is 42.4 Å². The molecule has 3 aromatic rings. The molecule has 2 aromatic heterocycles. The van der Waals surface area contributed by atoms with Crippen LogP contribution in [0.25, 0.3) is 10.9 Å². The summed E-state index contributed by atoms with van der Waals surface area (Å²) in [5.41, 5.74) is 2.36. The molecule has 0 spiro atoms. The Kier molecular flexibility index (Phi) is 3.54. The van der Waals surface area contributed by atoms with Crippen LogP contribution >= 0.6 is 0 Å². The summed E-state index contributed by atoms with van der Waals surface area (Å²) in [5.74, 6) is -0.00458. The van der Waals surface area contributed by atoms with Crippen molar-refractivity contribution in [2.24, 2.45) is 0 Å². The number of fused-ring (bicyclic) bond motifs is 1. The molecule has 23 heavy (non-hydrogen) atoms. The van der Waals surface area contributed by atoms with Gasteiger partial charge in [-0.2, -0.15) is 5.10 Å². The number of aromatic amines is 1. The molecule has 5 heteroatoms. The van der Waals surface area contributed by atoms with Crippen LogP contribution in [0, 0.1) is 0 Å². The second-order valence-corrected chi connectivity index (χ2v) is 5.91. The van der Waals surface area contributed by atoms with Gasteiger partial charge >= 0.3 is 0 Å². The van der Waals surface area contributed by atoms with Gasteiger partial charge in [0.25, 0.3) is 5.91 Å². The molecule has 116 valence electrons. The number of likely N-dealkylation sites (tertiary alicyclic amines) is 1. The molecular weight excluding hydrogens is 288 g/mol. The fourth-order valence-corrected chi connectivity index (χ4v) is 3.28. The van der Waals surface area contributed by atoms with Crippen molar-refractivity contribution in [2.75, 3.05) is 6.54 Å². The Hall–Kier alpha value is -2.69. The first kappa shape index (κ1) is 13.9. The molecule has 1 aliphatic heterocycles. The zero-order valence-corrected chi connectivity index (χ0v) is 12.8. The van der Waals surface area contributed by atoms with E-state index in [1.807, 2.05) is 47.4 Å². The first-order chi connectivity index (χ1) is 11.3. The van der Waals surface area contributed by atoms with Crippen molar-refractivity contribution in [3.8, 4) is 0 Å². The van der Waals surface area contributed by atoms with Crippen LogP contribution in [-0.4, -0.2) is 32.5 Å². The predicted molar refractivity (Wildman–Crippen MR) is 88.0 cm³/mol. The van der Waals surface area contributed by atoms with E-state index in [0.29, 0.717) is 5.69 Å². The Morgan fingerprint density at radius 2 is 2.04 bits per heavy atom. The molecule has 0 bridgehead atoms. The summed E-state index contributed by atoms with van der Waals surface area (Å²) in [4.78, 5) is 19.5. The number of nitrogens with one attached hydrogen (secondary N) is 1. The summed E-state index contributed by atoms with van der Waals surface area (Å²) >= 11 is 0. The zero-order valence-electron chi connectivity index (χ0n) is 12.8. The number of carbonyl (C=O) groups excluding carboxylic acids is 1. The number of hydrogen-bond donors (Lipinski definition) is 1. The first-order valence-corrected chi connectivity index (χ1v) is 7.99. The number of benzene rings is 1. The summed E-state index contributed by atoms with van der Waals surface area (Å²) in [6.07, 6.45) is 4.85. The van der Waals surface area contributed by atoms with Crippen molar-refractivity contribution in [2.45, 2.75) is 25.3 Å². The number of aromatic nitrogens is 3. The second-order valence-electron chi connectivity index (χ2n) is 5.91. The van der Waals surface area contributed by atoms with Gasteiger partial charge in [0.15, 0.2) is 0 Å². The highest BCUT2D eigenvalue weighted by Crippen LogP contribution is 2.30. The molecule has 1 amide bonds. The Bertz CT molecular complexity index is 828. The Morgan fingerprint density at radius 1 is 1.13 bits per heavy atom. The van der Waals surface area contributed by atoms with Gasteiger partial charge in [-0.15, -0.1) is 0 Å². The number of nitrogens with zero attached hydrogens (tertiary/aromatic N) is 3. The molecule has 1 unspecified atom stereocenters. The minimum absolute atomic E-state index is 0.00458. The maximum absolute atomic E-state index is 13.0. The van der Waals surface area contributed by atoms with Crippen molar-refractivity contribution >= 4 is 16.8 Å².